The first-order valence-electron chi connectivity index (χ1n) is 5.99. The average Bonchev–Trinajstić information content (AvgIpc) is 2.81. The first-order chi connectivity index (χ1) is 8.44. The van der Waals surface area contributed by atoms with Gasteiger partial charge in [-0.15, -0.1) is 0 Å². The number of methoxy groups -OCH3 is 1. The monoisotopic (exact) mass is 277 g/mol. The van der Waals surface area contributed by atoms with Crippen molar-refractivity contribution in [2.24, 2.45) is 0 Å². The Kier molecular flexibility index (Phi) is 5.58. The quantitative estimate of drug-likeness (QED) is 0.637. The molecular weight excluding hydrogens is 258 g/mol. The number of likely N-dealkylation sites (tertiary alicyclic amines) is 1. The third kappa shape index (κ3) is 5.03. The van der Waals surface area contributed by atoms with E-state index in [4.69, 9.17) is 0 Å². The van der Waals surface area contributed by atoms with Gasteiger partial charge in [-0.2, -0.15) is 0 Å². The molecule has 0 aromatic rings. The van der Waals surface area contributed by atoms with E-state index in [-0.39, 0.29) is 24.5 Å². The van der Waals surface area contributed by atoms with Crippen molar-refractivity contribution in [3.63, 3.8) is 0 Å². The summed E-state index contributed by atoms with van der Waals surface area (Å²) >= 11 is 0. The lowest BCUT2D eigenvalue weighted by Gasteiger charge is -2.14. The minimum atomic E-state index is -3.42. The Morgan fingerprint density at radius 2 is 1.83 bits per heavy atom. The van der Waals surface area contributed by atoms with Crippen molar-refractivity contribution in [3.05, 3.63) is 0 Å². The van der Waals surface area contributed by atoms with Crippen LogP contribution in [0.1, 0.15) is 25.7 Å². The number of rotatable bonds is 6. The highest BCUT2D eigenvalue weighted by atomic mass is 32.2. The molecule has 1 amide bonds. The SMILES string of the molecule is COC(=O)CCCS(=O)(=O)CC(=O)N1CCCC1. The van der Waals surface area contributed by atoms with Crippen LogP contribution in [0.3, 0.4) is 0 Å². The number of esters is 1. The zero-order chi connectivity index (χ0) is 13.6. The lowest BCUT2D eigenvalue weighted by Crippen LogP contribution is -2.34. The summed E-state index contributed by atoms with van der Waals surface area (Å²) in [6.07, 6.45) is 2.14. The zero-order valence-corrected chi connectivity index (χ0v) is 11.4. The molecule has 0 aromatic carbocycles. The van der Waals surface area contributed by atoms with E-state index in [1.807, 2.05) is 0 Å². The number of sulfone groups is 1. The van der Waals surface area contributed by atoms with Crippen molar-refractivity contribution >= 4 is 21.7 Å². The van der Waals surface area contributed by atoms with Gasteiger partial charge in [-0.1, -0.05) is 0 Å². The largest absolute Gasteiger partial charge is 0.469 e. The predicted octanol–water partition coefficient (Wildman–Crippen LogP) is -0.0232. The van der Waals surface area contributed by atoms with Gasteiger partial charge < -0.3 is 9.64 Å². The molecule has 0 N–H and O–H groups in total. The number of hydrogen-bond donors (Lipinski definition) is 0. The average molecular weight is 277 g/mol. The van der Waals surface area contributed by atoms with Gasteiger partial charge in [0.05, 0.1) is 12.9 Å². The Morgan fingerprint density at radius 1 is 1.22 bits per heavy atom. The normalized spacial score (nSPS) is 15.7. The highest BCUT2D eigenvalue weighted by molar-refractivity contribution is 7.92. The van der Waals surface area contributed by atoms with Crippen LogP contribution in [0.4, 0.5) is 0 Å². The van der Waals surface area contributed by atoms with Crippen LogP contribution >= 0.6 is 0 Å². The van der Waals surface area contributed by atoms with Crippen molar-refractivity contribution in [3.8, 4) is 0 Å². The third-order valence-electron chi connectivity index (χ3n) is 2.87. The van der Waals surface area contributed by atoms with Crippen LogP contribution in [0.2, 0.25) is 0 Å². The lowest BCUT2D eigenvalue weighted by atomic mass is 10.3. The van der Waals surface area contributed by atoms with E-state index in [2.05, 4.69) is 4.74 Å². The van der Waals surface area contributed by atoms with Gasteiger partial charge in [-0.3, -0.25) is 9.59 Å². The van der Waals surface area contributed by atoms with Gasteiger partial charge in [0, 0.05) is 19.5 Å². The molecule has 0 atom stereocenters. The fourth-order valence-corrected chi connectivity index (χ4v) is 3.14. The summed E-state index contributed by atoms with van der Waals surface area (Å²) in [5, 5.41) is 0. The summed E-state index contributed by atoms with van der Waals surface area (Å²) < 4.78 is 27.8. The predicted molar refractivity (Wildman–Crippen MR) is 65.7 cm³/mol. The molecule has 1 aliphatic heterocycles. The molecular formula is C11H19NO5S. The Hall–Kier alpha value is -1.11. The molecule has 0 radical (unpaired) electrons. The Bertz CT molecular complexity index is 398. The molecule has 104 valence electrons. The molecule has 0 aromatic heterocycles. The number of hydrogen-bond acceptors (Lipinski definition) is 5. The maximum Gasteiger partial charge on any atom is 0.305 e. The highest BCUT2D eigenvalue weighted by Gasteiger charge is 2.23. The van der Waals surface area contributed by atoms with Gasteiger partial charge in [0.15, 0.2) is 9.84 Å². The van der Waals surface area contributed by atoms with E-state index in [9.17, 15) is 18.0 Å². The molecule has 1 saturated heterocycles. The zero-order valence-electron chi connectivity index (χ0n) is 10.6. The van der Waals surface area contributed by atoms with Gasteiger partial charge in [0.2, 0.25) is 5.91 Å². The summed E-state index contributed by atoms with van der Waals surface area (Å²) in [5.74, 6) is -1.36. The Labute approximate surface area is 107 Å². The molecule has 18 heavy (non-hydrogen) atoms. The summed E-state index contributed by atoms with van der Waals surface area (Å²) in [5.41, 5.74) is 0. The van der Waals surface area contributed by atoms with Crippen LogP contribution in [0.15, 0.2) is 0 Å². The fourth-order valence-electron chi connectivity index (χ4n) is 1.86. The lowest BCUT2D eigenvalue weighted by molar-refractivity contribution is -0.140. The van der Waals surface area contributed by atoms with E-state index in [0.29, 0.717) is 13.1 Å². The minimum absolute atomic E-state index is 0.0631. The molecule has 1 fully saturated rings. The van der Waals surface area contributed by atoms with Crippen LogP contribution in [0, 0.1) is 0 Å². The highest BCUT2D eigenvalue weighted by Crippen LogP contribution is 2.09. The van der Waals surface area contributed by atoms with E-state index in [0.717, 1.165) is 12.8 Å². The van der Waals surface area contributed by atoms with E-state index >= 15 is 0 Å². The smallest absolute Gasteiger partial charge is 0.305 e. The molecule has 1 rings (SSSR count). The number of carbonyl (C=O) groups is 2. The van der Waals surface area contributed by atoms with Gasteiger partial charge in [-0.05, 0) is 19.3 Å². The van der Waals surface area contributed by atoms with E-state index in [1.54, 1.807) is 4.90 Å². The molecule has 7 heteroatoms. The maximum absolute atomic E-state index is 11.7. The van der Waals surface area contributed by atoms with Crippen molar-refractivity contribution in [1.82, 2.24) is 4.90 Å². The number of nitrogens with zero attached hydrogens (tertiary/aromatic N) is 1. The fraction of sp³-hybridized carbons (Fsp3) is 0.818. The molecule has 0 bridgehead atoms. The van der Waals surface area contributed by atoms with Crippen LogP contribution in [-0.2, 0) is 24.2 Å². The summed E-state index contributed by atoms with van der Waals surface area (Å²) in [6.45, 7) is 1.30. The molecule has 0 aliphatic carbocycles. The van der Waals surface area contributed by atoms with Crippen molar-refractivity contribution in [2.75, 3.05) is 31.7 Å². The molecule has 0 saturated carbocycles. The van der Waals surface area contributed by atoms with Gasteiger partial charge >= 0.3 is 5.97 Å². The van der Waals surface area contributed by atoms with Crippen LogP contribution in [0.25, 0.3) is 0 Å². The Morgan fingerprint density at radius 3 is 2.39 bits per heavy atom. The standard InChI is InChI=1S/C11H19NO5S/c1-17-11(14)5-4-8-18(15,16)9-10(13)12-6-2-3-7-12/h2-9H2,1H3. The molecule has 0 unspecified atom stereocenters. The molecule has 0 spiro atoms. The summed E-state index contributed by atoms with van der Waals surface area (Å²) in [6, 6.07) is 0. The first-order valence-corrected chi connectivity index (χ1v) is 7.82. The van der Waals surface area contributed by atoms with E-state index < -0.39 is 21.6 Å². The number of amides is 1. The second-order valence-electron chi connectivity index (χ2n) is 4.36. The number of carbonyl (C=O) groups excluding carboxylic acids is 2. The van der Waals surface area contributed by atoms with Crippen LogP contribution in [-0.4, -0.2) is 56.9 Å². The topological polar surface area (TPSA) is 80.8 Å². The first kappa shape index (κ1) is 14.9. The van der Waals surface area contributed by atoms with E-state index in [1.165, 1.54) is 7.11 Å². The maximum atomic E-state index is 11.7. The molecule has 1 heterocycles. The van der Waals surface area contributed by atoms with Crippen LogP contribution in [0.5, 0.6) is 0 Å². The Balaban J connectivity index is 2.34. The van der Waals surface area contributed by atoms with Gasteiger partial charge in [0.25, 0.3) is 0 Å². The second-order valence-corrected chi connectivity index (χ2v) is 6.54. The second kappa shape index (κ2) is 6.72. The van der Waals surface area contributed by atoms with Crippen molar-refractivity contribution in [2.45, 2.75) is 25.7 Å². The summed E-state index contributed by atoms with van der Waals surface area (Å²) in [4.78, 5) is 24.1. The van der Waals surface area contributed by atoms with Gasteiger partial charge in [0.1, 0.15) is 5.75 Å². The number of ether oxygens (including phenoxy) is 1. The third-order valence-corrected chi connectivity index (χ3v) is 4.46. The van der Waals surface area contributed by atoms with Crippen molar-refractivity contribution in [1.29, 1.82) is 0 Å². The minimum Gasteiger partial charge on any atom is -0.469 e. The summed E-state index contributed by atoms with van der Waals surface area (Å²) in [7, 11) is -2.16. The molecule has 1 aliphatic rings. The van der Waals surface area contributed by atoms with Crippen molar-refractivity contribution < 1.29 is 22.7 Å². The van der Waals surface area contributed by atoms with Crippen LogP contribution < -0.4 is 0 Å². The molecule has 6 nitrogen and oxygen atoms in total. The van der Waals surface area contributed by atoms with Gasteiger partial charge in [-0.25, -0.2) is 8.42 Å².